The van der Waals surface area contributed by atoms with E-state index >= 15 is 0 Å². The average molecular weight is 283 g/mol. The minimum atomic E-state index is 0.166. The van der Waals surface area contributed by atoms with Crippen LogP contribution >= 0.6 is 0 Å². The Balaban J connectivity index is 2.22. The zero-order chi connectivity index (χ0) is 15.5. The highest BCUT2D eigenvalue weighted by Gasteiger charge is 2.13. The molecule has 0 aliphatic heterocycles. The quantitative estimate of drug-likeness (QED) is 0.870. The van der Waals surface area contributed by atoms with Gasteiger partial charge in [-0.1, -0.05) is 50.6 Å². The van der Waals surface area contributed by atoms with E-state index in [0.29, 0.717) is 0 Å². The van der Waals surface area contributed by atoms with Crippen molar-refractivity contribution >= 4 is 0 Å². The van der Waals surface area contributed by atoms with Crippen LogP contribution in [0.25, 0.3) is 0 Å². The van der Waals surface area contributed by atoms with E-state index in [1.54, 1.807) is 0 Å². The van der Waals surface area contributed by atoms with Gasteiger partial charge in [0, 0.05) is 12.1 Å². The van der Waals surface area contributed by atoms with Crippen LogP contribution in [-0.4, -0.2) is 7.05 Å². The van der Waals surface area contributed by atoms with Gasteiger partial charge >= 0.3 is 0 Å². The van der Waals surface area contributed by atoms with Crippen molar-refractivity contribution in [1.29, 1.82) is 0 Å². The van der Waals surface area contributed by atoms with Crippen molar-refractivity contribution in [3.63, 3.8) is 0 Å². The van der Waals surface area contributed by atoms with Crippen molar-refractivity contribution in [1.82, 2.24) is 5.32 Å². The molecule has 0 bridgehead atoms. The Labute approximate surface area is 128 Å². The lowest BCUT2D eigenvalue weighted by Crippen LogP contribution is -2.10. The topological polar surface area (TPSA) is 21.3 Å². The average Bonchev–Trinajstić information content (AvgIpc) is 2.42. The van der Waals surface area contributed by atoms with Crippen LogP contribution < -0.4 is 10.1 Å². The molecule has 112 valence electrons. The first-order valence-electron chi connectivity index (χ1n) is 7.42. The maximum absolute atomic E-state index is 6.04. The maximum atomic E-state index is 6.04. The van der Waals surface area contributed by atoms with Gasteiger partial charge in [0.05, 0.1) is 0 Å². The molecule has 2 nitrogen and oxygen atoms in total. The Kier molecular flexibility index (Phi) is 4.69. The largest absolute Gasteiger partial charge is 0.457 e. The van der Waals surface area contributed by atoms with Gasteiger partial charge in [-0.05, 0) is 43.1 Å². The third-order valence-corrected chi connectivity index (χ3v) is 3.53. The van der Waals surface area contributed by atoms with E-state index in [4.69, 9.17) is 4.74 Å². The molecule has 0 aliphatic rings. The van der Waals surface area contributed by atoms with Crippen molar-refractivity contribution in [3.8, 4) is 11.5 Å². The van der Waals surface area contributed by atoms with Crippen LogP contribution in [0.3, 0.4) is 0 Å². The van der Waals surface area contributed by atoms with Gasteiger partial charge in [-0.15, -0.1) is 0 Å². The Morgan fingerprint density at radius 2 is 1.67 bits per heavy atom. The van der Waals surface area contributed by atoms with E-state index in [9.17, 15) is 0 Å². The molecule has 2 aromatic rings. The van der Waals surface area contributed by atoms with Gasteiger partial charge in [0.2, 0.25) is 0 Å². The number of hydrogen-bond donors (Lipinski definition) is 1. The van der Waals surface area contributed by atoms with E-state index in [1.165, 1.54) is 16.7 Å². The van der Waals surface area contributed by atoms with Crippen LogP contribution in [0.1, 0.15) is 37.5 Å². The van der Waals surface area contributed by atoms with Crippen LogP contribution in [-0.2, 0) is 12.0 Å². The molecule has 0 atom stereocenters. The Morgan fingerprint density at radius 1 is 1.00 bits per heavy atom. The van der Waals surface area contributed by atoms with Gasteiger partial charge in [0.25, 0.3) is 0 Å². The summed E-state index contributed by atoms with van der Waals surface area (Å²) in [5.41, 5.74) is 3.90. The molecule has 0 unspecified atom stereocenters. The molecule has 0 saturated carbocycles. The molecular formula is C19H25NO. The van der Waals surface area contributed by atoms with Gasteiger partial charge in [0.15, 0.2) is 0 Å². The van der Waals surface area contributed by atoms with Crippen molar-refractivity contribution in [2.75, 3.05) is 7.05 Å². The van der Waals surface area contributed by atoms with Gasteiger partial charge in [-0.25, -0.2) is 0 Å². The molecule has 0 saturated heterocycles. The Hall–Kier alpha value is -1.80. The summed E-state index contributed by atoms with van der Waals surface area (Å²) >= 11 is 0. The molecule has 0 aliphatic carbocycles. The molecule has 0 aromatic heterocycles. The van der Waals surface area contributed by atoms with Crippen LogP contribution in [0.4, 0.5) is 0 Å². The summed E-state index contributed by atoms with van der Waals surface area (Å²) < 4.78 is 6.04. The first-order chi connectivity index (χ1) is 9.90. The number of hydrogen-bond acceptors (Lipinski definition) is 2. The predicted molar refractivity (Wildman–Crippen MR) is 89.2 cm³/mol. The summed E-state index contributed by atoms with van der Waals surface area (Å²) in [6, 6.07) is 14.7. The summed E-state index contributed by atoms with van der Waals surface area (Å²) in [6.07, 6.45) is 0. The highest BCUT2D eigenvalue weighted by atomic mass is 16.5. The van der Waals surface area contributed by atoms with Crippen molar-refractivity contribution in [3.05, 3.63) is 59.2 Å². The second-order valence-electron chi connectivity index (χ2n) is 6.52. The normalized spacial score (nSPS) is 11.5. The van der Waals surface area contributed by atoms with Crippen molar-refractivity contribution in [2.24, 2.45) is 0 Å². The van der Waals surface area contributed by atoms with Gasteiger partial charge in [0.1, 0.15) is 11.5 Å². The van der Waals surface area contributed by atoms with Crippen LogP contribution in [0.2, 0.25) is 0 Å². The van der Waals surface area contributed by atoms with E-state index < -0.39 is 0 Å². The van der Waals surface area contributed by atoms with E-state index in [2.05, 4.69) is 57.3 Å². The van der Waals surface area contributed by atoms with Crippen molar-refractivity contribution < 1.29 is 4.74 Å². The standard InChI is InChI=1S/C19H25NO/c1-14-6-11-18(15(12-14)13-20-5)21-17-9-7-16(8-10-17)19(2,3)4/h6-12,20H,13H2,1-5H3. The molecule has 0 radical (unpaired) electrons. The predicted octanol–water partition coefficient (Wildman–Crippen LogP) is 4.80. The molecule has 0 spiro atoms. The Morgan fingerprint density at radius 3 is 2.24 bits per heavy atom. The first kappa shape index (κ1) is 15.6. The Bertz CT molecular complexity index is 594. The molecular weight excluding hydrogens is 258 g/mol. The summed E-state index contributed by atoms with van der Waals surface area (Å²) in [7, 11) is 1.95. The second kappa shape index (κ2) is 6.31. The van der Waals surface area contributed by atoms with E-state index in [0.717, 1.165) is 18.0 Å². The molecule has 0 amide bonds. The molecule has 21 heavy (non-hydrogen) atoms. The summed E-state index contributed by atoms with van der Waals surface area (Å²) in [4.78, 5) is 0. The first-order valence-corrected chi connectivity index (χ1v) is 7.42. The minimum Gasteiger partial charge on any atom is -0.457 e. The molecule has 0 heterocycles. The molecule has 0 fully saturated rings. The lowest BCUT2D eigenvalue weighted by atomic mass is 9.87. The second-order valence-corrected chi connectivity index (χ2v) is 6.52. The SMILES string of the molecule is CNCc1cc(C)ccc1Oc1ccc(C(C)(C)C)cc1. The van der Waals surface area contributed by atoms with Gasteiger partial charge in [-0.2, -0.15) is 0 Å². The monoisotopic (exact) mass is 283 g/mol. The van der Waals surface area contributed by atoms with Crippen molar-refractivity contribution in [2.45, 2.75) is 39.7 Å². The molecule has 2 heteroatoms. The third kappa shape index (κ3) is 4.08. The summed E-state index contributed by atoms with van der Waals surface area (Å²) in [5, 5.41) is 3.19. The highest BCUT2D eigenvalue weighted by molar-refractivity contribution is 5.41. The molecule has 2 rings (SSSR count). The fourth-order valence-corrected chi connectivity index (χ4v) is 2.29. The number of aryl methyl sites for hydroxylation is 1. The van der Waals surface area contributed by atoms with Crippen LogP contribution in [0.15, 0.2) is 42.5 Å². The fraction of sp³-hybridized carbons (Fsp3) is 0.368. The third-order valence-electron chi connectivity index (χ3n) is 3.53. The number of rotatable bonds is 4. The van der Waals surface area contributed by atoms with Gasteiger partial charge < -0.3 is 10.1 Å². The van der Waals surface area contributed by atoms with Crippen LogP contribution in [0.5, 0.6) is 11.5 Å². The van der Waals surface area contributed by atoms with Crippen LogP contribution in [0, 0.1) is 6.92 Å². The van der Waals surface area contributed by atoms with Gasteiger partial charge in [-0.3, -0.25) is 0 Å². The fourth-order valence-electron chi connectivity index (χ4n) is 2.29. The number of ether oxygens (including phenoxy) is 1. The summed E-state index contributed by atoms with van der Waals surface area (Å²) in [5.74, 6) is 1.79. The van der Waals surface area contributed by atoms with E-state index in [1.807, 2.05) is 25.2 Å². The van der Waals surface area contributed by atoms with E-state index in [-0.39, 0.29) is 5.41 Å². The minimum absolute atomic E-state index is 0.166. The zero-order valence-corrected chi connectivity index (χ0v) is 13.7. The summed E-state index contributed by atoms with van der Waals surface area (Å²) in [6.45, 7) is 9.55. The maximum Gasteiger partial charge on any atom is 0.131 e. The smallest absolute Gasteiger partial charge is 0.131 e. The highest BCUT2D eigenvalue weighted by Crippen LogP contribution is 2.29. The lowest BCUT2D eigenvalue weighted by Gasteiger charge is -2.19. The zero-order valence-electron chi connectivity index (χ0n) is 13.7. The lowest BCUT2D eigenvalue weighted by molar-refractivity contribution is 0.473. The number of nitrogens with one attached hydrogen (secondary N) is 1. The number of benzene rings is 2. The molecule has 2 aromatic carbocycles. The molecule has 1 N–H and O–H groups in total.